The van der Waals surface area contributed by atoms with E-state index in [9.17, 15) is 9.18 Å². The fraction of sp³-hybridized carbons (Fsp3) is 0.471. The first-order valence-electron chi connectivity index (χ1n) is 8.13. The topological polar surface area (TPSA) is 71.3 Å². The molecule has 128 valence electrons. The number of rotatable bonds is 7. The monoisotopic (exact) mass is 332 g/mol. The molecular weight excluding hydrogens is 311 g/mol. The minimum atomic E-state index is -0.333. The van der Waals surface area contributed by atoms with Gasteiger partial charge >= 0.3 is 0 Å². The number of nitrogens with one attached hydrogen (secondary N) is 1. The Labute approximate surface area is 140 Å². The van der Waals surface area contributed by atoms with Gasteiger partial charge in [0.2, 0.25) is 11.8 Å². The molecule has 7 heteroatoms. The lowest BCUT2D eigenvalue weighted by Gasteiger charge is -2.24. The molecule has 1 aromatic heterocycles. The smallest absolute Gasteiger partial charge is 0.238 e. The molecule has 0 unspecified atom stereocenters. The van der Waals surface area contributed by atoms with Crippen LogP contribution in [0.2, 0.25) is 0 Å². The van der Waals surface area contributed by atoms with Gasteiger partial charge in [-0.3, -0.25) is 9.69 Å². The largest absolute Gasteiger partial charge is 0.339 e. The third kappa shape index (κ3) is 4.38. The van der Waals surface area contributed by atoms with Gasteiger partial charge < -0.3 is 9.84 Å². The standard InChI is InChI=1S/C17H21FN4O2/c1-11(2)22(9-15-20-17(24-21-15)12-3-4-12)10-16(23)19-14-7-5-13(18)6-8-14/h5-8,11-12H,3-4,9-10H2,1-2H3,(H,19,23). The molecule has 0 saturated heterocycles. The Hall–Kier alpha value is -2.28. The van der Waals surface area contributed by atoms with Crippen molar-refractivity contribution in [1.29, 1.82) is 0 Å². The number of nitrogens with zero attached hydrogens (tertiary/aromatic N) is 3. The molecule has 1 amide bonds. The van der Waals surface area contributed by atoms with Gasteiger partial charge in [-0.15, -0.1) is 0 Å². The van der Waals surface area contributed by atoms with Gasteiger partial charge in [-0.1, -0.05) is 5.16 Å². The molecule has 0 bridgehead atoms. The molecule has 1 aliphatic carbocycles. The van der Waals surface area contributed by atoms with E-state index in [1.165, 1.54) is 24.3 Å². The second-order valence-corrected chi connectivity index (χ2v) is 6.38. The van der Waals surface area contributed by atoms with E-state index in [2.05, 4.69) is 15.5 Å². The Balaban J connectivity index is 1.58. The van der Waals surface area contributed by atoms with E-state index in [0.717, 1.165) is 12.8 Å². The SMILES string of the molecule is CC(C)N(CC(=O)Nc1ccc(F)cc1)Cc1noc(C2CC2)n1. The summed E-state index contributed by atoms with van der Waals surface area (Å²) in [5, 5.41) is 6.76. The lowest BCUT2D eigenvalue weighted by molar-refractivity contribution is -0.117. The lowest BCUT2D eigenvalue weighted by Crippen LogP contribution is -2.37. The normalized spacial score (nSPS) is 14.4. The molecule has 0 aliphatic heterocycles. The van der Waals surface area contributed by atoms with Gasteiger partial charge in [-0.25, -0.2) is 4.39 Å². The van der Waals surface area contributed by atoms with E-state index in [1.807, 2.05) is 18.7 Å². The number of carbonyl (C=O) groups excluding carboxylic acids is 1. The summed E-state index contributed by atoms with van der Waals surface area (Å²) < 4.78 is 18.2. The Morgan fingerprint density at radius 3 is 2.71 bits per heavy atom. The quantitative estimate of drug-likeness (QED) is 0.844. The van der Waals surface area contributed by atoms with E-state index in [0.29, 0.717) is 29.9 Å². The van der Waals surface area contributed by atoms with Crippen LogP contribution in [0.3, 0.4) is 0 Å². The van der Waals surface area contributed by atoms with Crippen LogP contribution in [0.15, 0.2) is 28.8 Å². The lowest BCUT2D eigenvalue weighted by atomic mass is 10.3. The van der Waals surface area contributed by atoms with E-state index in [1.54, 1.807) is 0 Å². The molecule has 0 radical (unpaired) electrons. The van der Waals surface area contributed by atoms with Gasteiger partial charge in [0.25, 0.3) is 0 Å². The van der Waals surface area contributed by atoms with Crippen molar-refractivity contribution in [2.75, 3.05) is 11.9 Å². The van der Waals surface area contributed by atoms with Crippen LogP contribution < -0.4 is 5.32 Å². The molecule has 1 saturated carbocycles. The minimum Gasteiger partial charge on any atom is -0.339 e. The van der Waals surface area contributed by atoms with E-state index in [-0.39, 0.29) is 24.3 Å². The molecule has 2 aromatic rings. The summed E-state index contributed by atoms with van der Waals surface area (Å²) in [6.45, 7) is 4.66. The summed E-state index contributed by atoms with van der Waals surface area (Å²) in [6, 6.07) is 5.84. The molecule has 6 nitrogen and oxygen atoms in total. The van der Waals surface area contributed by atoms with Crippen molar-refractivity contribution in [3.8, 4) is 0 Å². The second kappa shape index (κ2) is 7.09. The Morgan fingerprint density at radius 1 is 1.38 bits per heavy atom. The van der Waals surface area contributed by atoms with Gasteiger partial charge in [-0.05, 0) is 51.0 Å². The van der Waals surface area contributed by atoms with Crippen molar-refractivity contribution < 1.29 is 13.7 Å². The molecule has 1 heterocycles. The van der Waals surface area contributed by atoms with Gasteiger partial charge in [0.05, 0.1) is 13.1 Å². The molecule has 0 spiro atoms. The van der Waals surface area contributed by atoms with Crippen LogP contribution in [-0.2, 0) is 11.3 Å². The Morgan fingerprint density at radius 2 is 2.08 bits per heavy atom. The van der Waals surface area contributed by atoms with Crippen molar-refractivity contribution in [1.82, 2.24) is 15.0 Å². The zero-order valence-corrected chi connectivity index (χ0v) is 13.8. The predicted molar refractivity (Wildman–Crippen MR) is 86.8 cm³/mol. The molecule has 1 N–H and O–H groups in total. The number of halogens is 1. The van der Waals surface area contributed by atoms with Crippen molar-refractivity contribution in [2.45, 2.75) is 45.2 Å². The predicted octanol–water partition coefficient (Wildman–Crippen LogP) is 2.94. The van der Waals surface area contributed by atoms with Gasteiger partial charge in [0.1, 0.15) is 5.82 Å². The van der Waals surface area contributed by atoms with Crippen LogP contribution in [-0.4, -0.2) is 33.5 Å². The highest BCUT2D eigenvalue weighted by molar-refractivity contribution is 5.92. The average Bonchev–Trinajstić information content (AvgIpc) is 3.29. The average molecular weight is 332 g/mol. The number of hydrogen-bond acceptors (Lipinski definition) is 5. The number of anilines is 1. The molecule has 1 fully saturated rings. The van der Waals surface area contributed by atoms with E-state index >= 15 is 0 Å². The Kier molecular flexibility index (Phi) is 4.89. The summed E-state index contributed by atoms with van der Waals surface area (Å²) in [5.41, 5.74) is 0.570. The third-order valence-corrected chi connectivity index (χ3v) is 3.96. The summed E-state index contributed by atoms with van der Waals surface area (Å²) in [6.07, 6.45) is 2.21. The molecule has 1 aromatic carbocycles. The Bertz CT molecular complexity index is 695. The highest BCUT2D eigenvalue weighted by atomic mass is 19.1. The van der Waals surface area contributed by atoms with Gasteiger partial charge in [0.15, 0.2) is 5.82 Å². The third-order valence-electron chi connectivity index (χ3n) is 3.96. The van der Waals surface area contributed by atoms with Crippen LogP contribution in [0, 0.1) is 5.82 Å². The van der Waals surface area contributed by atoms with Crippen molar-refractivity contribution in [2.24, 2.45) is 0 Å². The van der Waals surface area contributed by atoms with Crippen molar-refractivity contribution in [3.63, 3.8) is 0 Å². The number of amides is 1. The zero-order chi connectivity index (χ0) is 17.1. The fourth-order valence-corrected chi connectivity index (χ4v) is 2.35. The number of hydrogen-bond donors (Lipinski definition) is 1. The maximum Gasteiger partial charge on any atom is 0.238 e. The van der Waals surface area contributed by atoms with Gasteiger partial charge in [-0.2, -0.15) is 4.98 Å². The molecule has 3 rings (SSSR count). The maximum absolute atomic E-state index is 12.9. The first kappa shape index (κ1) is 16.6. The molecule has 0 atom stereocenters. The summed E-state index contributed by atoms with van der Waals surface area (Å²) >= 11 is 0. The number of aromatic nitrogens is 2. The van der Waals surface area contributed by atoms with Crippen LogP contribution in [0.5, 0.6) is 0 Å². The van der Waals surface area contributed by atoms with Crippen LogP contribution >= 0.6 is 0 Å². The first-order chi connectivity index (χ1) is 11.5. The summed E-state index contributed by atoms with van der Waals surface area (Å²) in [5.74, 6) is 1.21. The highest BCUT2D eigenvalue weighted by Gasteiger charge is 2.30. The van der Waals surface area contributed by atoms with Crippen LogP contribution in [0.1, 0.15) is 44.3 Å². The summed E-state index contributed by atoms with van der Waals surface area (Å²) in [7, 11) is 0. The number of carbonyl (C=O) groups is 1. The maximum atomic E-state index is 12.9. The molecule has 24 heavy (non-hydrogen) atoms. The second-order valence-electron chi connectivity index (χ2n) is 6.38. The first-order valence-corrected chi connectivity index (χ1v) is 8.13. The molecular formula is C17H21FN4O2. The number of benzene rings is 1. The minimum absolute atomic E-state index is 0.145. The van der Waals surface area contributed by atoms with Crippen molar-refractivity contribution >= 4 is 11.6 Å². The van der Waals surface area contributed by atoms with Crippen molar-refractivity contribution in [3.05, 3.63) is 41.8 Å². The fourth-order valence-electron chi connectivity index (χ4n) is 2.35. The zero-order valence-electron chi connectivity index (χ0n) is 13.8. The van der Waals surface area contributed by atoms with E-state index < -0.39 is 0 Å². The van der Waals surface area contributed by atoms with E-state index in [4.69, 9.17) is 4.52 Å². The highest BCUT2D eigenvalue weighted by Crippen LogP contribution is 2.38. The van der Waals surface area contributed by atoms with Gasteiger partial charge in [0, 0.05) is 17.6 Å². The van der Waals surface area contributed by atoms with Crippen LogP contribution in [0.25, 0.3) is 0 Å². The summed E-state index contributed by atoms with van der Waals surface area (Å²) in [4.78, 5) is 18.6. The van der Waals surface area contributed by atoms with Crippen LogP contribution in [0.4, 0.5) is 10.1 Å². The molecule has 1 aliphatic rings.